The summed E-state index contributed by atoms with van der Waals surface area (Å²) in [6, 6.07) is 35.6. The molecule has 0 aliphatic rings. The van der Waals surface area contributed by atoms with Crippen LogP contribution in [0.25, 0.3) is 104 Å². The number of hydrogen-bond acceptors (Lipinski definition) is 5. The van der Waals surface area contributed by atoms with Crippen molar-refractivity contribution in [1.82, 2.24) is 19.5 Å². The smallest absolute Gasteiger partial charge is 0.164 e. The van der Waals surface area contributed by atoms with Gasteiger partial charge in [0, 0.05) is 64.1 Å². The third kappa shape index (κ3) is 4.37. The van der Waals surface area contributed by atoms with E-state index in [4.69, 9.17) is 26.2 Å². The Balaban J connectivity index is 1.17. The Kier molecular flexibility index (Phi) is 4.75. The van der Waals surface area contributed by atoms with Gasteiger partial charge in [-0.2, -0.15) is 0 Å². The highest BCUT2D eigenvalue weighted by molar-refractivity contribution is 7.26. The second-order valence-corrected chi connectivity index (χ2v) is 13.4. The third-order valence-corrected chi connectivity index (χ3v) is 10.4. The maximum absolute atomic E-state index is 9.32. The molecule has 0 saturated carbocycles. The molecule has 7 aromatic carbocycles. The Bertz CT molecular complexity index is 3560. The van der Waals surface area contributed by atoms with Gasteiger partial charge in [-0.15, -0.1) is 11.3 Å². The van der Waals surface area contributed by atoms with Crippen LogP contribution in [0.3, 0.4) is 0 Å². The molecule has 6 heteroatoms. The fourth-order valence-corrected chi connectivity index (χ4v) is 8.17. The van der Waals surface area contributed by atoms with Crippen LogP contribution in [0.5, 0.6) is 0 Å². The number of benzene rings is 7. The second-order valence-electron chi connectivity index (χ2n) is 12.3. The summed E-state index contributed by atoms with van der Waals surface area (Å²) in [5.74, 6) is 0.555. The minimum atomic E-state index is -0.494. The summed E-state index contributed by atoms with van der Waals surface area (Å²) < 4.78 is 71.6. The quantitative estimate of drug-likeness (QED) is 0.186. The van der Waals surface area contributed by atoms with Crippen LogP contribution in [0.2, 0.25) is 0 Å². The van der Waals surface area contributed by atoms with Gasteiger partial charge in [0.15, 0.2) is 17.5 Å². The van der Waals surface area contributed by atoms with E-state index in [1.807, 2.05) is 54.6 Å². The van der Waals surface area contributed by atoms with Crippen molar-refractivity contribution < 1.29 is 14.0 Å². The number of fused-ring (bicyclic) bond motifs is 10. The SMILES string of the molecule is [2H]c1c([2H])c([2H])c2c(oc3c([2H])c(-c4nc(-c5ccccc5)nc(-c5cccc(-n6c7ccccc7c7ccc8sc9ccccc9c8c76)c5)n4)c([2H])c([2H])c32)c1[2H]. The third-order valence-electron chi connectivity index (χ3n) is 9.31. The molecule has 0 fully saturated rings. The molecule has 0 saturated heterocycles. The maximum atomic E-state index is 9.32. The van der Waals surface area contributed by atoms with E-state index in [0.717, 1.165) is 27.5 Å². The van der Waals surface area contributed by atoms with E-state index in [2.05, 4.69) is 65.2 Å². The van der Waals surface area contributed by atoms with E-state index in [1.54, 1.807) is 11.3 Å². The van der Waals surface area contributed by atoms with Crippen LogP contribution in [0.15, 0.2) is 162 Å². The molecule has 11 rings (SSSR count). The molecule has 0 atom stereocenters. The standard InChI is InChI=1S/C45H26N4OS/c1-2-11-27(12-3-1)43-46-44(48-45(47-43)29-21-22-33-32-16-5-8-19-37(32)50-38(33)26-29)28-13-10-14-30(25-28)49-36-18-7-4-15-31(36)34-23-24-40-41(42(34)49)35-17-6-9-20-39(35)51-40/h1-26H/i5D,8D,16D,19D,21D,22D,26D. The lowest BCUT2D eigenvalue weighted by atomic mass is 10.1. The average Bonchev–Trinajstić information content (AvgIpc) is 3.95. The average molecular weight is 678 g/mol. The van der Waals surface area contributed by atoms with Crippen LogP contribution >= 0.6 is 11.3 Å². The topological polar surface area (TPSA) is 56.7 Å². The molecule has 0 unspecified atom stereocenters. The van der Waals surface area contributed by atoms with Gasteiger partial charge in [0.2, 0.25) is 0 Å². The van der Waals surface area contributed by atoms with Crippen molar-refractivity contribution in [1.29, 1.82) is 0 Å². The van der Waals surface area contributed by atoms with Gasteiger partial charge >= 0.3 is 0 Å². The fraction of sp³-hybridized carbons (Fsp3) is 0. The molecule has 0 amide bonds. The number of rotatable bonds is 4. The Morgan fingerprint density at radius 3 is 2.16 bits per heavy atom. The molecule has 5 nitrogen and oxygen atoms in total. The number of thiophene rings is 1. The summed E-state index contributed by atoms with van der Waals surface area (Å²) in [7, 11) is 0. The van der Waals surface area contributed by atoms with Gasteiger partial charge in [-0.1, -0.05) is 109 Å². The summed E-state index contributed by atoms with van der Waals surface area (Å²) in [6.45, 7) is 0. The van der Waals surface area contributed by atoms with Crippen molar-refractivity contribution in [2.75, 3.05) is 0 Å². The van der Waals surface area contributed by atoms with Crippen LogP contribution < -0.4 is 0 Å². The Labute approximate surface area is 305 Å². The van der Waals surface area contributed by atoms with Gasteiger partial charge in [-0.05, 0) is 48.5 Å². The molecule has 4 aromatic heterocycles. The van der Waals surface area contributed by atoms with Gasteiger partial charge in [0.25, 0.3) is 0 Å². The first kappa shape index (κ1) is 22.2. The molecule has 51 heavy (non-hydrogen) atoms. The van der Waals surface area contributed by atoms with Crippen molar-refractivity contribution in [2.24, 2.45) is 0 Å². The molecule has 0 N–H and O–H groups in total. The van der Waals surface area contributed by atoms with E-state index >= 15 is 0 Å². The number of hydrogen-bond donors (Lipinski definition) is 0. The summed E-state index contributed by atoms with van der Waals surface area (Å²) in [4.78, 5) is 14.6. The van der Waals surface area contributed by atoms with Crippen molar-refractivity contribution in [3.8, 4) is 39.9 Å². The number of para-hydroxylation sites is 2. The molecule has 238 valence electrons. The Hall–Kier alpha value is -6.63. The van der Waals surface area contributed by atoms with Crippen molar-refractivity contribution in [2.45, 2.75) is 0 Å². The highest BCUT2D eigenvalue weighted by Gasteiger charge is 2.19. The molecule has 0 bridgehead atoms. The zero-order valence-electron chi connectivity index (χ0n) is 33.6. The Morgan fingerprint density at radius 1 is 0.529 bits per heavy atom. The number of furan rings is 1. The normalized spacial score (nSPS) is 13.8. The zero-order chi connectivity index (χ0) is 39.6. The van der Waals surface area contributed by atoms with Gasteiger partial charge in [0.1, 0.15) is 11.2 Å². The van der Waals surface area contributed by atoms with Crippen LogP contribution in [0.1, 0.15) is 9.60 Å². The van der Waals surface area contributed by atoms with Crippen molar-refractivity contribution in [3.63, 3.8) is 0 Å². The predicted octanol–water partition coefficient (Wildman–Crippen LogP) is 12.2. The molecule has 0 aliphatic heterocycles. The summed E-state index contributed by atoms with van der Waals surface area (Å²) in [6.07, 6.45) is 0. The van der Waals surface area contributed by atoms with E-state index in [9.17, 15) is 2.74 Å². The lowest BCUT2D eigenvalue weighted by Crippen LogP contribution is -2.01. The van der Waals surface area contributed by atoms with Gasteiger partial charge in [-0.3, -0.25) is 0 Å². The van der Waals surface area contributed by atoms with E-state index < -0.39 is 24.2 Å². The molecule has 0 radical (unpaired) electrons. The molecular formula is C45H26N4OS. The summed E-state index contributed by atoms with van der Waals surface area (Å²) >= 11 is 1.77. The molecule has 0 aliphatic carbocycles. The summed E-state index contributed by atoms with van der Waals surface area (Å²) in [5.41, 5.74) is 3.93. The monoisotopic (exact) mass is 677 g/mol. The van der Waals surface area contributed by atoms with Gasteiger partial charge < -0.3 is 8.98 Å². The first-order chi connectivity index (χ1) is 28.2. The number of aromatic nitrogens is 4. The minimum Gasteiger partial charge on any atom is -0.456 e. The van der Waals surface area contributed by atoms with Crippen LogP contribution in [0.4, 0.5) is 0 Å². The molecule has 0 spiro atoms. The largest absolute Gasteiger partial charge is 0.456 e. The van der Waals surface area contributed by atoms with E-state index in [1.165, 1.54) is 20.2 Å². The predicted molar refractivity (Wildman–Crippen MR) is 211 cm³/mol. The first-order valence-electron chi connectivity index (χ1n) is 19.9. The maximum Gasteiger partial charge on any atom is 0.164 e. The molecular weight excluding hydrogens is 645 g/mol. The van der Waals surface area contributed by atoms with Crippen molar-refractivity contribution in [3.05, 3.63) is 158 Å². The zero-order valence-corrected chi connectivity index (χ0v) is 27.4. The lowest BCUT2D eigenvalue weighted by molar-refractivity contribution is 0.669. The van der Waals surface area contributed by atoms with Crippen molar-refractivity contribution >= 4 is 75.3 Å². The minimum absolute atomic E-state index is 0.0250. The van der Waals surface area contributed by atoms with Gasteiger partial charge in [-0.25, -0.2) is 15.0 Å². The second kappa shape index (κ2) is 10.9. The molecule has 4 heterocycles. The van der Waals surface area contributed by atoms with Gasteiger partial charge in [0.05, 0.1) is 20.6 Å². The highest BCUT2D eigenvalue weighted by atomic mass is 32.1. The fourth-order valence-electron chi connectivity index (χ4n) is 7.06. The van der Waals surface area contributed by atoms with E-state index in [0.29, 0.717) is 17.0 Å². The van der Waals surface area contributed by atoms with Crippen LogP contribution in [-0.2, 0) is 0 Å². The number of nitrogens with zero attached hydrogens (tertiary/aromatic N) is 4. The van der Waals surface area contributed by atoms with Crippen LogP contribution in [0, 0.1) is 0 Å². The highest BCUT2D eigenvalue weighted by Crippen LogP contribution is 2.43. The first-order valence-corrected chi connectivity index (χ1v) is 17.2. The Morgan fingerprint density at radius 2 is 1.25 bits per heavy atom. The lowest BCUT2D eigenvalue weighted by Gasteiger charge is -2.12. The van der Waals surface area contributed by atoms with E-state index in [-0.39, 0.29) is 57.3 Å². The summed E-state index contributed by atoms with van der Waals surface area (Å²) in [5, 5.41) is 4.55. The molecule has 11 aromatic rings. The van der Waals surface area contributed by atoms with Crippen LogP contribution in [-0.4, -0.2) is 19.5 Å².